The Morgan fingerprint density at radius 1 is 1.53 bits per heavy atom. The molecule has 0 bridgehead atoms. The van der Waals surface area contributed by atoms with E-state index < -0.39 is 11.4 Å². The SMILES string of the molecule is COc1c(C2(N=C=O)CCC2)ccc(Cl)c1F. The van der Waals surface area contributed by atoms with Gasteiger partial charge in [0.05, 0.1) is 12.1 Å². The van der Waals surface area contributed by atoms with Crippen LogP contribution in [-0.4, -0.2) is 13.2 Å². The molecule has 0 unspecified atom stereocenters. The fourth-order valence-electron chi connectivity index (χ4n) is 2.14. The Balaban J connectivity index is 2.58. The number of isocyanates is 1. The van der Waals surface area contributed by atoms with E-state index in [1.54, 1.807) is 12.1 Å². The standard InChI is InChI=1S/C12H11ClFNO2/c1-17-11-8(3-4-9(13)10(11)14)12(15-7-16)5-2-6-12/h3-4H,2,5-6H2,1H3. The van der Waals surface area contributed by atoms with Crippen LogP contribution in [0.15, 0.2) is 17.1 Å². The molecule has 0 saturated heterocycles. The van der Waals surface area contributed by atoms with Crippen LogP contribution in [0.25, 0.3) is 0 Å². The second-order valence-corrected chi connectivity index (χ2v) is 4.44. The van der Waals surface area contributed by atoms with Gasteiger partial charge in [0.2, 0.25) is 6.08 Å². The lowest BCUT2D eigenvalue weighted by atomic mass is 9.72. The highest BCUT2D eigenvalue weighted by molar-refractivity contribution is 6.30. The van der Waals surface area contributed by atoms with Gasteiger partial charge in [-0.15, -0.1) is 0 Å². The molecule has 0 radical (unpaired) electrons. The second kappa shape index (κ2) is 4.47. The molecule has 0 aromatic heterocycles. The van der Waals surface area contributed by atoms with E-state index in [4.69, 9.17) is 16.3 Å². The molecule has 1 aromatic rings. The smallest absolute Gasteiger partial charge is 0.235 e. The van der Waals surface area contributed by atoms with Crippen molar-refractivity contribution < 1.29 is 13.9 Å². The molecule has 1 aliphatic rings. The van der Waals surface area contributed by atoms with Crippen molar-refractivity contribution in [3.63, 3.8) is 0 Å². The zero-order valence-corrected chi connectivity index (χ0v) is 10.1. The van der Waals surface area contributed by atoms with Crippen molar-refractivity contribution in [2.45, 2.75) is 24.8 Å². The van der Waals surface area contributed by atoms with Crippen LogP contribution in [0.5, 0.6) is 5.75 Å². The van der Waals surface area contributed by atoms with Crippen molar-refractivity contribution in [3.8, 4) is 5.75 Å². The lowest BCUT2D eigenvalue weighted by molar-refractivity contribution is 0.243. The van der Waals surface area contributed by atoms with Gasteiger partial charge >= 0.3 is 0 Å². The van der Waals surface area contributed by atoms with E-state index in [9.17, 15) is 9.18 Å². The van der Waals surface area contributed by atoms with Crippen molar-refractivity contribution in [2.24, 2.45) is 4.99 Å². The summed E-state index contributed by atoms with van der Waals surface area (Å²) in [6.45, 7) is 0. The Kier molecular flexibility index (Phi) is 3.18. The van der Waals surface area contributed by atoms with Gasteiger partial charge in [-0.1, -0.05) is 17.7 Å². The summed E-state index contributed by atoms with van der Waals surface area (Å²) in [5, 5.41) is -0.00449. The number of benzene rings is 1. The number of hydrogen-bond donors (Lipinski definition) is 0. The molecule has 0 spiro atoms. The predicted molar refractivity (Wildman–Crippen MR) is 61.6 cm³/mol. The quantitative estimate of drug-likeness (QED) is 0.615. The monoisotopic (exact) mass is 255 g/mol. The van der Waals surface area contributed by atoms with Gasteiger partial charge in [-0.25, -0.2) is 9.18 Å². The van der Waals surface area contributed by atoms with E-state index in [0.29, 0.717) is 18.4 Å². The molecule has 1 aliphatic carbocycles. The molecule has 0 aliphatic heterocycles. The minimum atomic E-state index is -0.682. The van der Waals surface area contributed by atoms with E-state index in [1.807, 2.05) is 0 Å². The number of halogens is 2. The first-order chi connectivity index (χ1) is 8.14. The topological polar surface area (TPSA) is 38.7 Å². The van der Waals surface area contributed by atoms with E-state index in [0.717, 1.165) is 6.42 Å². The van der Waals surface area contributed by atoms with E-state index in [-0.39, 0.29) is 10.8 Å². The highest BCUT2D eigenvalue weighted by Gasteiger charge is 2.42. The number of aliphatic imine (C=N–C) groups is 1. The van der Waals surface area contributed by atoms with Gasteiger partial charge in [-0.2, -0.15) is 4.99 Å². The van der Waals surface area contributed by atoms with Crippen LogP contribution in [0.4, 0.5) is 4.39 Å². The maximum absolute atomic E-state index is 13.8. The van der Waals surface area contributed by atoms with Crippen molar-refractivity contribution in [2.75, 3.05) is 7.11 Å². The van der Waals surface area contributed by atoms with Crippen LogP contribution in [0.3, 0.4) is 0 Å². The number of methoxy groups -OCH3 is 1. The first-order valence-corrected chi connectivity index (χ1v) is 5.64. The normalized spacial score (nSPS) is 16.9. The van der Waals surface area contributed by atoms with Crippen molar-refractivity contribution >= 4 is 17.7 Å². The molecule has 0 N–H and O–H groups in total. The number of rotatable bonds is 3. The largest absolute Gasteiger partial charge is 0.493 e. The van der Waals surface area contributed by atoms with Gasteiger partial charge in [-0.05, 0) is 25.3 Å². The lowest BCUT2D eigenvalue weighted by Crippen LogP contribution is -2.32. The zero-order valence-electron chi connectivity index (χ0n) is 9.30. The van der Waals surface area contributed by atoms with Crippen molar-refractivity contribution in [3.05, 3.63) is 28.5 Å². The molecule has 5 heteroatoms. The van der Waals surface area contributed by atoms with Gasteiger partial charge in [0, 0.05) is 5.56 Å². The summed E-state index contributed by atoms with van der Waals surface area (Å²) in [7, 11) is 1.37. The molecule has 3 nitrogen and oxygen atoms in total. The van der Waals surface area contributed by atoms with Gasteiger partial charge in [-0.3, -0.25) is 0 Å². The molecule has 1 aromatic carbocycles. The van der Waals surface area contributed by atoms with Gasteiger partial charge in [0.1, 0.15) is 5.54 Å². The van der Waals surface area contributed by atoms with Crippen LogP contribution >= 0.6 is 11.6 Å². The highest BCUT2D eigenvalue weighted by Crippen LogP contribution is 2.49. The van der Waals surface area contributed by atoms with Crippen molar-refractivity contribution in [1.82, 2.24) is 0 Å². The molecule has 17 heavy (non-hydrogen) atoms. The molecule has 1 fully saturated rings. The van der Waals surface area contributed by atoms with Crippen LogP contribution < -0.4 is 4.74 Å². The van der Waals surface area contributed by atoms with E-state index in [2.05, 4.69) is 4.99 Å². The molecular formula is C12H11ClFNO2. The third-order valence-electron chi connectivity index (χ3n) is 3.20. The highest BCUT2D eigenvalue weighted by atomic mass is 35.5. The summed E-state index contributed by atoms with van der Waals surface area (Å²) in [5.41, 5.74) is -0.116. The third kappa shape index (κ3) is 1.84. The van der Waals surface area contributed by atoms with Crippen molar-refractivity contribution in [1.29, 1.82) is 0 Å². The number of carbonyl (C=O) groups excluding carboxylic acids is 1. The van der Waals surface area contributed by atoms with E-state index in [1.165, 1.54) is 13.2 Å². The maximum atomic E-state index is 13.8. The van der Waals surface area contributed by atoms with Crippen LogP contribution in [-0.2, 0) is 10.3 Å². The summed E-state index contributed by atoms with van der Waals surface area (Å²) < 4.78 is 18.8. The Labute approximate surface area is 103 Å². The van der Waals surface area contributed by atoms with Crippen LogP contribution in [0, 0.1) is 5.82 Å². The average molecular weight is 256 g/mol. The lowest BCUT2D eigenvalue weighted by Gasteiger charge is -2.37. The van der Waals surface area contributed by atoms with E-state index >= 15 is 0 Å². The minimum Gasteiger partial charge on any atom is -0.493 e. The Morgan fingerprint density at radius 3 is 2.71 bits per heavy atom. The first-order valence-electron chi connectivity index (χ1n) is 5.26. The Hall–Kier alpha value is -1.38. The fourth-order valence-corrected chi connectivity index (χ4v) is 2.29. The Morgan fingerprint density at radius 2 is 2.24 bits per heavy atom. The fraction of sp³-hybridized carbons (Fsp3) is 0.417. The number of hydrogen-bond acceptors (Lipinski definition) is 3. The maximum Gasteiger partial charge on any atom is 0.235 e. The second-order valence-electron chi connectivity index (χ2n) is 4.03. The summed E-state index contributed by atoms with van der Waals surface area (Å²) in [5.74, 6) is -0.546. The number of ether oxygens (including phenoxy) is 1. The Bertz CT molecular complexity index is 494. The number of nitrogens with zero attached hydrogens (tertiary/aromatic N) is 1. The molecule has 0 amide bonds. The van der Waals surface area contributed by atoms with Gasteiger partial charge in [0.25, 0.3) is 0 Å². The molecule has 0 heterocycles. The zero-order chi connectivity index (χ0) is 12.5. The molecular weight excluding hydrogens is 245 g/mol. The molecule has 1 saturated carbocycles. The minimum absolute atomic E-state index is 0.00449. The molecule has 90 valence electrons. The third-order valence-corrected chi connectivity index (χ3v) is 3.49. The van der Waals surface area contributed by atoms with Crippen LogP contribution in [0.2, 0.25) is 5.02 Å². The summed E-state index contributed by atoms with van der Waals surface area (Å²) >= 11 is 5.69. The van der Waals surface area contributed by atoms with Gasteiger partial charge in [0.15, 0.2) is 11.6 Å². The average Bonchev–Trinajstić information content (AvgIpc) is 2.27. The summed E-state index contributed by atoms with van der Waals surface area (Å²) in [6, 6.07) is 3.11. The van der Waals surface area contributed by atoms with Crippen LogP contribution in [0.1, 0.15) is 24.8 Å². The molecule has 0 atom stereocenters. The molecule has 2 rings (SSSR count). The predicted octanol–water partition coefficient (Wildman–Crippen LogP) is 3.20. The first kappa shape index (κ1) is 12.1. The summed E-state index contributed by atoms with van der Waals surface area (Å²) in [6.07, 6.45) is 3.89. The summed E-state index contributed by atoms with van der Waals surface area (Å²) in [4.78, 5) is 14.3. The van der Waals surface area contributed by atoms with Gasteiger partial charge < -0.3 is 4.74 Å².